The summed E-state index contributed by atoms with van der Waals surface area (Å²) in [6, 6.07) is 59.7. The van der Waals surface area contributed by atoms with E-state index in [2.05, 4.69) is 199 Å². The number of fused-ring (bicyclic) bond motifs is 10. The van der Waals surface area contributed by atoms with Crippen LogP contribution in [0, 0.1) is 5.92 Å². The molecule has 0 saturated heterocycles. The number of unbranched alkanes of at least 4 members (excludes halogenated alkanes) is 4. The molecule has 408 valence electrons. The van der Waals surface area contributed by atoms with Crippen LogP contribution < -0.4 is 30.5 Å². The Morgan fingerprint density at radius 2 is 0.925 bits per heavy atom. The van der Waals surface area contributed by atoms with E-state index in [9.17, 15) is 0 Å². The molecule has 2 atom stereocenters. The number of benzene rings is 9. The Hall–Kier alpha value is -6.15. The lowest BCUT2D eigenvalue weighted by Crippen LogP contribution is -2.62. The van der Waals surface area contributed by atoms with Gasteiger partial charge in [-0.05, 0) is 174 Å². The first-order valence-corrected chi connectivity index (χ1v) is 36.7. The second-order valence-corrected chi connectivity index (χ2v) is 34.5. The number of nitrogens with zero attached hydrogens (tertiary/aromatic N) is 2. The van der Waals surface area contributed by atoms with Gasteiger partial charge in [-0.25, -0.2) is 0 Å². The van der Waals surface area contributed by atoms with Crippen LogP contribution in [0.25, 0.3) is 54.3 Å². The van der Waals surface area contributed by atoms with Crippen LogP contribution in [0.2, 0.25) is 24.2 Å². The third-order valence-electron chi connectivity index (χ3n) is 20.9. The predicted molar refractivity (Wildman–Crippen MR) is 352 cm³/mol. The molecule has 3 nitrogen and oxygen atoms in total. The number of furan rings is 1. The summed E-state index contributed by atoms with van der Waals surface area (Å²) >= 11 is 0. The lowest BCUT2D eigenvalue weighted by molar-refractivity contribution is 0.330. The largest absolute Gasteiger partial charge is 0.456 e. The molecule has 0 amide bonds. The topological polar surface area (TPSA) is 19.6 Å². The van der Waals surface area contributed by atoms with Gasteiger partial charge in [0, 0.05) is 50.4 Å². The highest BCUT2D eigenvalue weighted by atomic mass is 28.3. The molecule has 0 bridgehead atoms. The van der Waals surface area contributed by atoms with Gasteiger partial charge in [-0.3, -0.25) is 0 Å². The van der Waals surface area contributed by atoms with E-state index in [0.717, 1.165) is 23.0 Å². The summed E-state index contributed by atoms with van der Waals surface area (Å²) in [5.41, 5.74) is 16.5. The third-order valence-corrected chi connectivity index (χ3v) is 31.5. The van der Waals surface area contributed by atoms with Gasteiger partial charge in [0.2, 0.25) is 0 Å². The number of anilines is 6. The van der Waals surface area contributed by atoms with Crippen molar-refractivity contribution in [3.05, 3.63) is 156 Å². The summed E-state index contributed by atoms with van der Waals surface area (Å²) in [4.78, 5) is 5.57. The fourth-order valence-electron chi connectivity index (χ4n) is 17.0. The Morgan fingerprint density at radius 1 is 0.438 bits per heavy atom. The van der Waals surface area contributed by atoms with Crippen LogP contribution in [0.1, 0.15) is 172 Å². The third kappa shape index (κ3) is 7.74. The molecule has 9 aromatic carbocycles. The summed E-state index contributed by atoms with van der Waals surface area (Å²) in [6.45, 7) is 19.4. The van der Waals surface area contributed by atoms with Crippen molar-refractivity contribution < 1.29 is 4.42 Å². The van der Waals surface area contributed by atoms with E-state index in [0.29, 0.717) is 11.8 Å². The quantitative estimate of drug-likeness (QED) is 0.0710. The van der Waals surface area contributed by atoms with Gasteiger partial charge in [-0.2, -0.15) is 0 Å². The van der Waals surface area contributed by atoms with Gasteiger partial charge in [0.1, 0.15) is 27.3 Å². The van der Waals surface area contributed by atoms with E-state index >= 15 is 0 Å². The molecule has 14 rings (SSSR count). The highest BCUT2D eigenvalue weighted by molar-refractivity contribution is 7.05. The van der Waals surface area contributed by atoms with Gasteiger partial charge in [0.25, 0.3) is 0 Å². The van der Waals surface area contributed by atoms with Gasteiger partial charge in [0.15, 0.2) is 0 Å². The maximum atomic E-state index is 6.91. The summed E-state index contributed by atoms with van der Waals surface area (Å²) in [5.74, 6) is 2.14. The van der Waals surface area contributed by atoms with Crippen molar-refractivity contribution >= 4 is 125 Å². The molecule has 3 heterocycles. The lowest BCUT2D eigenvalue weighted by atomic mass is 9.80. The van der Waals surface area contributed by atoms with Crippen LogP contribution in [0.4, 0.5) is 34.1 Å². The summed E-state index contributed by atoms with van der Waals surface area (Å²) in [5, 5.41) is 17.4. The average Bonchev–Trinajstić information content (AvgIpc) is 4.18. The van der Waals surface area contributed by atoms with Crippen LogP contribution in [0.3, 0.4) is 0 Å². The molecule has 2 aliphatic heterocycles. The Balaban J connectivity index is 1.07. The summed E-state index contributed by atoms with van der Waals surface area (Å²) < 4.78 is 6.91. The summed E-state index contributed by atoms with van der Waals surface area (Å²) in [6.07, 6.45) is 16.7. The smallest absolute Gasteiger partial charge is 0.137 e. The number of hydrogen-bond acceptors (Lipinski definition) is 3. The Labute approximate surface area is 479 Å². The first-order chi connectivity index (χ1) is 39.1. The van der Waals surface area contributed by atoms with Gasteiger partial charge < -0.3 is 14.2 Å². The molecule has 2 aliphatic carbocycles. The van der Waals surface area contributed by atoms with Crippen molar-refractivity contribution in [1.29, 1.82) is 0 Å². The minimum absolute atomic E-state index is 0.304. The van der Waals surface area contributed by atoms with E-state index in [1.807, 2.05) is 0 Å². The zero-order valence-electron chi connectivity index (χ0n) is 49.3. The Kier molecular flexibility index (Phi) is 13.2. The standard InChI is InChI=1S/C75H84N2OSi2/c1-9-13-37-79(38-14-10-2)70-31-23-20-28-62(70)76(66-42-51-41-50-25-17-18-26-52(50)60(51)45-72(66)79)64-43-58(48(5)6)54-34-36-57-65(44-59(49(7)8)55-33-35-56(64)74(54)75(55)57)77-63-29-21-24-32-71(63)80(39-15-11-3,40-16-12-4)73-46-61-53-27-19-22-30-68(53)78-69(61)47-67(73)77/h19-24,27-36,42-50,52H,9-18,25-26,37-41H2,1-8H3. The average molecular weight is 1090 g/mol. The maximum Gasteiger partial charge on any atom is 0.137 e. The summed E-state index contributed by atoms with van der Waals surface area (Å²) in [7, 11) is -4.53. The lowest BCUT2D eigenvalue weighted by Gasteiger charge is -2.46. The highest BCUT2D eigenvalue weighted by Crippen LogP contribution is 2.55. The monoisotopic (exact) mass is 1080 g/mol. The molecular weight excluding hydrogens is 1000 g/mol. The van der Waals surface area contributed by atoms with Crippen LogP contribution in [0.5, 0.6) is 0 Å². The highest BCUT2D eigenvalue weighted by Gasteiger charge is 2.49. The second-order valence-electron chi connectivity index (χ2n) is 26.0. The predicted octanol–water partition coefficient (Wildman–Crippen LogP) is 20.5. The minimum atomic E-state index is -2.32. The molecule has 0 N–H and O–H groups in total. The van der Waals surface area contributed by atoms with Crippen molar-refractivity contribution in [1.82, 2.24) is 0 Å². The SMILES string of the molecule is CCCC[Si]1(CCCC)c2ccccc2N(c2cc(C(C)C)c3ccc4c(N5c6ccccc6[Si](CCCC)(CCCC)c6cc7c(cc65)oc5ccccc57)cc(C(C)C)c5ccc2c3c54)c2cc3c(cc21)C1CCCCC1C3. The fraction of sp³-hybridized carbons (Fsp3) is 0.387. The van der Waals surface area contributed by atoms with Crippen LogP contribution in [-0.4, -0.2) is 16.1 Å². The Morgan fingerprint density at radius 3 is 1.48 bits per heavy atom. The Bertz CT molecular complexity index is 3990. The molecule has 10 aromatic rings. The van der Waals surface area contributed by atoms with Gasteiger partial charge in [0.05, 0.1) is 11.4 Å². The number of rotatable bonds is 16. The molecule has 5 heteroatoms. The first kappa shape index (κ1) is 52.0. The molecule has 0 radical (unpaired) electrons. The van der Waals surface area contributed by atoms with Crippen LogP contribution >= 0.6 is 0 Å². The first-order valence-electron chi connectivity index (χ1n) is 31.8. The fourth-order valence-corrected chi connectivity index (χ4v) is 28.5. The van der Waals surface area contributed by atoms with Crippen molar-refractivity contribution in [3.8, 4) is 0 Å². The van der Waals surface area contributed by atoms with Crippen molar-refractivity contribution in [2.45, 2.75) is 181 Å². The van der Waals surface area contributed by atoms with Crippen molar-refractivity contribution in [3.63, 3.8) is 0 Å². The van der Waals surface area contributed by atoms with Gasteiger partial charge >= 0.3 is 0 Å². The number of hydrogen-bond donors (Lipinski definition) is 0. The van der Waals surface area contributed by atoms with E-state index in [4.69, 9.17) is 4.42 Å². The molecule has 0 spiro atoms. The maximum absolute atomic E-state index is 6.91. The van der Waals surface area contributed by atoms with E-state index in [-0.39, 0.29) is 0 Å². The molecule has 1 aromatic heterocycles. The molecule has 80 heavy (non-hydrogen) atoms. The van der Waals surface area contributed by atoms with E-state index in [1.165, 1.54) is 196 Å². The zero-order valence-corrected chi connectivity index (χ0v) is 51.3. The second kappa shape index (κ2) is 20.4. The number of para-hydroxylation sites is 3. The van der Waals surface area contributed by atoms with E-state index < -0.39 is 16.1 Å². The molecule has 2 unspecified atom stereocenters. The van der Waals surface area contributed by atoms with Crippen LogP contribution in [-0.2, 0) is 6.42 Å². The van der Waals surface area contributed by atoms with E-state index in [1.54, 1.807) is 31.9 Å². The van der Waals surface area contributed by atoms with Gasteiger partial charge in [-0.1, -0.05) is 205 Å². The van der Waals surface area contributed by atoms with Crippen LogP contribution in [0.15, 0.2) is 138 Å². The molecule has 1 saturated carbocycles. The normalized spacial score (nSPS) is 18.0. The minimum Gasteiger partial charge on any atom is -0.456 e. The molecule has 4 aliphatic rings. The van der Waals surface area contributed by atoms with Crippen molar-refractivity contribution in [2.24, 2.45) is 5.92 Å². The molecule has 1 fully saturated rings. The van der Waals surface area contributed by atoms with Crippen molar-refractivity contribution in [2.75, 3.05) is 9.80 Å². The molecular formula is C75H84N2OSi2. The van der Waals surface area contributed by atoms with Gasteiger partial charge in [-0.15, -0.1) is 0 Å². The zero-order chi connectivity index (χ0) is 54.6.